The number of nitrogens with zero attached hydrogens (tertiary/aromatic N) is 4. The molecule has 0 saturated carbocycles. The van der Waals surface area contributed by atoms with E-state index in [-0.39, 0.29) is 5.82 Å². The van der Waals surface area contributed by atoms with Crippen LogP contribution >= 0.6 is 11.6 Å². The van der Waals surface area contributed by atoms with Crippen LogP contribution in [0.3, 0.4) is 0 Å². The lowest BCUT2D eigenvalue weighted by atomic mass is 10.2. The van der Waals surface area contributed by atoms with Crippen molar-refractivity contribution in [2.45, 2.75) is 19.6 Å². The highest BCUT2D eigenvalue weighted by atomic mass is 35.5. The Morgan fingerprint density at radius 1 is 1.19 bits per heavy atom. The van der Waals surface area contributed by atoms with Gasteiger partial charge in [-0.25, -0.2) is 9.97 Å². The van der Waals surface area contributed by atoms with Gasteiger partial charge in [-0.1, -0.05) is 0 Å². The van der Waals surface area contributed by atoms with Crippen LogP contribution in [0.5, 0.6) is 0 Å². The van der Waals surface area contributed by atoms with Gasteiger partial charge in [0.05, 0.1) is 0 Å². The van der Waals surface area contributed by atoms with Crippen molar-refractivity contribution >= 4 is 17.4 Å². The first-order chi connectivity index (χ1) is 9.90. The molecule has 112 valence electrons. The first kappa shape index (κ1) is 15.5. The molecule has 2 aromatic heterocycles. The Morgan fingerprint density at radius 3 is 2.43 bits per heavy atom. The normalized spacial score (nSPS) is 11.5. The first-order valence-corrected chi connectivity index (χ1v) is 6.53. The zero-order valence-electron chi connectivity index (χ0n) is 11.1. The third kappa shape index (κ3) is 4.04. The van der Waals surface area contributed by atoms with Crippen molar-refractivity contribution in [2.24, 2.45) is 0 Å². The van der Waals surface area contributed by atoms with Crippen LogP contribution in [0.1, 0.15) is 18.2 Å². The summed E-state index contributed by atoms with van der Waals surface area (Å²) in [4.78, 5) is 12.7. The highest BCUT2D eigenvalue weighted by molar-refractivity contribution is 6.28. The van der Waals surface area contributed by atoms with E-state index in [1.54, 1.807) is 29.4 Å². The van der Waals surface area contributed by atoms with Gasteiger partial charge >= 0.3 is 6.18 Å². The Hall–Kier alpha value is -1.89. The molecule has 0 bridgehead atoms. The standard InChI is InChI=1S/C13H12ClF3N4/c1-2-21(8-9-3-5-18-6-4-9)11-7-10(13(15,16)17)19-12(14)20-11/h3-7H,2,8H2,1H3. The number of aromatic nitrogens is 3. The zero-order valence-corrected chi connectivity index (χ0v) is 11.9. The maximum absolute atomic E-state index is 12.8. The molecule has 0 aliphatic carbocycles. The molecule has 0 fully saturated rings. The minimum atomic E-state index is -4.56. The highest BCUT2D eigenvalue weighted by Crippen LogP contribution is 2.30. The van der Waals surface area contributed by atoms with Gasteiger partial charge in [-0.05, 0) is 36.2 Å². The molecule has 0 radical (unpaired) electrons. The minimum absolute atomic E-state index is 0.140. The van der Waals surface area contributed by atoms with Crippen molar-refractivity contribution in [1.29, 1.82) is 0 Å². The van der Waals surface area contributed by atoms with Crippen LogP contribution in [0.4, 0.5) is 19.0 Å². The van der Waals surface area contributed by atoms with E-state index in [0.29, 0.717) is 13.1 Å². The van der Waals surface area contributed by atoms with E-state index in [9.17, 15) is 13.2 Å². The van der Waals surface area contributed by atoms with Crippen molar-refractivity contribution in [2.75, 3.05) is 11.4 Å². The fourth-order valence-corrected chi connectivity index (χ4v) is 1.95. The summed E-state index contributed by atoms with van der Waals surface area (Å²) in [5.74, 6) is 0.140. The SMILES string of the molecule is CCN(Cc1ccncc1)c1cc(C(F)(F)F)nc(Cl)n1. The molecule has 2 aromatic rings. The van der Waals surface area contributed by atoms with E-state index in [2.05, 4.69) is 15.0 Å². The molecule has 0 aliphatic rings. The fraction of sp³-hybridized carbons (Fsp3) is 0.308. The Labute approximate surface area is 124 Å². The smallest absolute Gasteiger partial charge is 0.352 e. The van der Waals surface area contributed by atoms with Gasteiger partial charge in [0.2, 0.25) is 5.28 Å². The van der Waals surface area contributed by atoms with Crippen molar-refractivity contribution in [1.82, 2.24) is 15.0 Å². The number of halogens is 4. The molecule has 0 aromatic carbocycles. The number of pyridine rings is 1. The molecule has 0 saturated heterocycles. The third-order valence-electron chi connectivity index (χ3n) is 2.80. The summed E-state index contributed by atoms with van der Waals surface area (Å²) in [5, 5.41) is -0.423. The van der Waals surface area contributed by atoms with E-state index < -0.39 is 17.2 Å². The summed E-state index contributed by atoms with van der Waals surface area (Å²) < 4.78 is 38.3. The molecule has 2 heterocycles. The highest BCUT2D eigenvalue weighted by Gasteiger charge is 2.34. The average Bonchev–Trinajstić information content (AvgIpc) is 2.44. The summed E-state index contributed by atoms with van der Waals surface area (Å²) in [5.41, 5.74) is -0.138. The summed E-state index contributed by atoms with van der Waals surface area (Å²) in [7, 11) is 0. The fourth-order valence-electron chi connectivity index (χ4n) is 1.78. The van der Waals surface area contributed by atoms with E-state index in [0.717, 1.165) is 11.6 Å². The van der Waals surface area contributed by atoms with Gasteiger partial charge in [0, 0.05) is 31.5 Å². The topological polar surface area (TPSA) is 41.9 Å². The van der Waals surface area contributed by atoms with Gasteiger partial charge in [-0.2, -0.15) is 13.2 Å². The maximum Gasteiger partial charge on any atom is 0.433 e. The second-order valence-electron chi connectivity index (χ2n) is 4.25. The molecule has 4 nitrogen and oxygen atoms in total. The van der Waals surface area contributed by atoms with Gasteiger partial charge < -0.3 is 4.90 Å². The molecular formula is C13H12ClF3N4. The summed E-state index contributed by atoms with van der Waals surface area (Å²) >= 11 is 5.60. The Balaban J connectivity index is 2.32. The monoisotopic (exact) mass is 316 g/mol. The van der Waals surface area contributed by atoms with Crippen molar-refractivity contribution in [3.8, 4) is 0 Å². The number of hydrogen-bond donors (Lipinski definition) is 0. The van der Waals surface area contributed by atoms with Crippen LogP contribution in [0.25, 0.3) is 0 Å². The molecule has 0 unspecified atom stereocenters. The number of hydrogen-bond acceptors (Lipinski definition) is 4. The summed E-state index contributed by atoms with van der Waals surface area (Å²) in [6, 6.07) is 4.48. The quantitative estimate of drug-likeness (QED) is 0.809. The van der Waals surface area contributed by atoms with E-state index in [1.807, 2.05) is 6.92 Å². The molecule has 0 aliphatic heterocycles. The lowest BCUT2D eigenvalue weighted by molar-refractivity contribution is -0.141. The summed E-state index contributed by atoms with van der Waals surface area (Å²) in [6.45, 7) is 2.71. The van der Waals surface area contributed by atoms with Crippen molar-refractivity contribution in [3.05, 3.63) is 47.1 Å². The Bertz CT molecular complexity index is 604. The predicted molar refractivity (Wildman–Crippen MR) is 73.0 cm³/mol. The molecule has 0 amide bonds. The van der Waals surface area contributed by atoms with Crippen LogP contribution in [0.2, 0.25) is 5.28 Å². The van der Waals surface area contributed by atoms with Gasteiger partial charge in [-0.3, -0.25) is 4.98 Å². The predicted octanol–water partition coefficient (Wildman–Crippen LogP) is 3.57. The molecule has 0 N–H and O–H groups in total. The third-order valence-corrected chi connectivity index (χ3v) is 2.97. The maximum atomic E-state index is 12.8. The minimum Gasteiger partial charge on any atom is -0.352 e. The van der Waals surface area contributed by atoms with E-state index >= 15 is 0 Å². The number of alkyl halides is 3. The van der Waals surface area contributed by atoms with Crippen molar-refractivity contribution < 1.29 is 13.2 Å². The molecule has 8 heteroatoms. The van der Waals surface area contributed by atoms with E-state index in [1.165, 1.54) is 0 Å². The second kappa shape index (κ2) is 6.26. The van der Waals surface area contributed by atoms with Gasteiger partial charge in [0.1, 0.15) is 5.82 Å². The van der Waals surface area contributed by atoms with Crippen LogP contribution < -0.4 is 4.90 Å². The van der Waals surface area contributed by atoms with Gasteiger partial charge in [0.25, 0.3) is 0 Å². The molecule has 2 rings (SSSR count). The molecule has 21 heavy (non-hydrogen) atoms. The lowest BCUT2D eigenvalue weighted by Crippen LogP contribution is -2.24. The van der Waals surface area contributed by atoms with Crippen LogP contribution in [0.15, 0.2) is 30.6 Å². The van der Waals surface area contributed by atoms with Crippen LogP contribution in [-0.4, -0.2) is 21.5 Å². The molecular weight excluding hydrogens is 305 g/mol. The van der Waals surface area contributed by atoms with Gasteiger partial charge in [-0.15, -0.1) is 0 Å². The first-order valence-electron chi connectivity index (χ1n) is 6.15. The lowest BCUT2D eigenvalue weighted by Gasteiger charge is -2.22. The number of rotatable bonds is 4. The van der Waals surface area contributed by atoms with Gasteiger partial charge in [0.15, 0.2) is 5.69 Å². The Kier molecular flexibility index (Phi) is 4.62. The zero-order chi connectivity index (χ0) is 15.5. The van der Waals surface area contributed by atoms with Crippen molar-refractivity contribution in [3.63, 3.8) is 0 Å². The summed E-state index contributed by atoms with van der Waals surface area (Å²) in [6.07, 6.45) is -1.31. The van der Waals surface area contributed by atoms with Crippen LogP contribution in [0, 0.1) is 0 Å². The molecule has 0 atom stereocenters. The molecule has 0 spiro atoms. The Morgan fingerprint density at radius 2 is 1.86 bits per heavy atom. The van der Waals surface area contributed by atoms with E-state index in [4.69, 9.17) is 11.6 Å². The second-order valence-corrected chi connectivity index (χ2v) is 4.59. The van der Waals surface area contributed by atoms with Crippen LogP contribution in [-0.2, 0) is 12.7 Å². The number of anilines is 1. The average molecular weight is 317 g/mol. The largest absolute Gasteiger partial charge is 0.433 e.